The molecule has 2 amide bonds. The van der Waals surface area contributed by atoms with Crippen LogP contribution in [0.1, 0.15) is 17.5 Å². The quantitative estimate of drug-likeness (QED) is 0.810. The molecule has 2 rings (SSSR count). The molecule has 0 saturated carbocycles. The average Bonchev–Trinajstić information content (AvgIpc) is 2.59. The van der Waals surface area contributed by atoms with Gasteiger partial charge < -0.3 is 15.4 Å². The molecule has 0 bridgehead atoms. The molecule has 0 aliphatic carbocycles. The van der Waals surface area contributed by atoms with Gasteiger partial charge in [-0.25, -0.2) is 0 Å². The van der Waals surface area contributed by atoms with Crippen LogP contribution in [-0.4, -0.2) is 25.5 Å². The van der Waals surface area contributed by atoms with E-state index < -0.39 is 0 Å². The van der Waals surface area contributed by atoms with E-state index in [2.05, 4.69) is 10.6 Å². The first kappa shape index (κ1) is 18.4. The summed E-state index contributed by atoms with van der Waals surface area (Å²) in [7, 11) is 1.46. The zero-order valence-corrected chi connectivity index (χ0v) is 14.4. The van der Waals surface area contributed by atoms with E-state index in [-0.39, 0.29) is 18.4 Å². The standard InChI is InChI=1S/C20H22N2O3/c1-15-6-8-16(9-7-15)4-3-5-19(23)21-17-10-12-18(13-11-17)22-20(24)14-25-2/h3-4,6-13H,5,14H2,1-2H3,(H,21,23)(H,22,24)/b4-3+. The van der Waals surface area contributed by atoms with Crippen molar-refractivity contribution in [2.24, 2.45) is 0 Å². The summed E-state index contributed by atoms with van der Waals surface area (Å²) in [4.78, 5) is 23.4. The van der Waals surface area contributed by atoms with Gasteiger partial charge in [-0.05, 0) is 36.8 Å². The van der Waals surface area contributed by atoms with E-state index in [0.29, 0.717) is 17.8 Å². The lowest BCUT2D eigenvalue weighted by atomic mass is 10.1. The topological polar surface area (TPSA) is 67.4 Å². The summed E-state index contributed by atoms with van der Waals surface area (Å²) >= 11 is 0. The molecule has 2 N–H and O–H groups in total. The van der Waals surface area contributed by atoms with Crippen molar-refractivity contribution >= 4 is 29.3 Å². The normalized spacial score (nSPS) is 10.6. The van der Waals surface area contributed by atoms with Gasteiger partial charge in [0.15, 0.2) is 0 Å². The van der Waals surface area contributed by atoms with Crippen molar-refractivity contribution in [3.63, 3.8) is 0 Å². The van der Waals surface area contributed by atoms with E-state index in [1.807, 2.05) is 43.3 Å². The highest BCUT2D eigenvalue weighted by atomic mass is 16.5. The summed E-state index contributed by atoms with van der Waals surface area (Å²) in [5.41, 5.74) is 3.60. The third kappa shape index (κ3) is 6.61. The Kier molecular flexibility index (Phi) is 6.92. The Morgan fingerprint density at radius 1 is 0.920 bits per heavy atom. The average molecular weight is 338 g/mol. The van der Waals surface area contributed by atoms with Gasteiger partial charge in [0.25, 0.3) is 0 Å². The smallest absolute Gasteiger partial charge is 0.250 e. The van der Waals surface area contributed by atoms with Crippen LogP contribution >= 0.6 is 0 Å². The number of nitrogens with one attached hydrogen (secondary N) is 2. The van der Waals surface area contributed by atoms with Gasteiger partial charge in [-0.2, -0.15) is 0 Å². The predicted octanol–water partition coefficient (Wildman–Crippen LogP) is 3.62. The van der Waals surface area contributed by atoms with E-state index in [9.17, 15) is 9.59 Å². The van der Waals surface area contributed by atoms with Gasteiger partial charge in [-0.1, -0.05) is 42.0 Å². The number of ether oxygens (including phenoxy) is 1. The highest BCUT2D eigenvalue weighted by Gasteiger charge is 2.03. The Balaban J connectivity index is 1.81. The molecule has 130 valence electrons. The lowest BCUT2D eigenvalue weighted by molar-refractivity contribution is -0.119. The van der Waals surface area contributed by atoms with E-state index in [1.54, 1.807) is 24.3 Å². The second-order valence-corrected chi connectivity index (χ2v) is 5.62. The molecular formula is C20H22N2O3. The van der Waals surface area contributed by atoms with Crippen LogP contribution < -0.4 is 10.6 Å². The number of benzene rings is 2. The molecule has 0 radical (unpaired) electrons. The third-order valence-corrected chi connectivity index (χ3v) is 3.42. The minimum absolute atomic E-state index is 0.00576. The Morgan fingerprint density at radius 3 is 2.04 bits per heavy atom. The second-order valence-electron chi connectivity index (χ2n) is 5.62. The second kappa shape index (κ2) is 9.39. The molecule has 25 heavy (non-hydrogen) atoms. The first-order valence-corrected chi connectivity index (χ1v) is 7.99. The maximum absolute atomic E-state index is 12.0. The van der Waals surface area contributed by atoms with Crippen LogP contribution in [0.15, 0.2) is 54.6 Å². The Morgan fingerprint density at radius 2 is 1.48 bits per heavy atom. The summed E-state index contributed by atoms with van der Waals surface area (Å²) in [5, 5.41) is 5.51. The molecular weight excluding hydrogens is 316 g/mol. The summed E-state index contributed by atoms with van der Waals surface area (Å²) in [6.45, 7) is 2.04. The third-order valence-electron chi connectivity index (χ3n) is 3.42. The Hall–Kier alpha value is -2.92. The van der Waals surface area contributed by atoms with Crippen molar-refractivity contribution in [3.05, 3.63) is 65.7 Å². The minimum Gasteiger partial charge on any atom is -0.375 e. The number of carbonyl (C=O) groups is 2. The van der Waals surface area contributed by atoms with Crippen molar-refractivity contribution in [2.45, 2.75) is 13.3 Å². The molecule has 0 heterocycles. The van der Waals surface area contributed by atoms with Crippen LogP contribution in [0.5, 0.6) is 0 Å². The van der Waals surface area contributed by atoms with Crippen molar-refractivity contribution in [2.75, 3.05) is 24.4 Å². The Labute approximate surface area is 147 Å². The molecule has 0 saturated heterocycles. The molecule has 5 heteroatoms. The van der Waals surface area contributed by atoms with Gasteiger partial charge in [0, 0.05) is 24.9 Å². The molecule has 0 aliphatic rings. The summed E-state index contributed by atoms with van der Waals surface area (Å²) in [6.07, 6.45) is 4.05. The molecule has 0 atom stereocenters. The lowest BCUT2D eigenvalue weighted by Gasteiger charge is -2.07. The summed E-state index contributed by atoms with van der Waals surface area (Å²) < 4.78 is 4.75. The molecule has 5 nitrogen and oxygen atoms in total. The van der Waals surface area contributed by atoms with Gasteiger partial charge in [-0.15, -0.1) is 0 Å². The molecule has 2 aromatic carbocycles. The molecule has 0 aliphatic heterocycles. The van der Waals surface area contributed by atoms with Gasteiger partial charge in [-0.3, -0.25) is 9.59 Å². The highest BCUT2D eigenvalue weighted by Crippen LogP contribution is 2.14. The van der Waals surface area contributed by atoms with Crippen LogP contribution in [0.4, 0.5) is 11.4 Å². The van der Waals surface area contributed by atoms with Crippen molar-refractivity contribution in [3.8, 4) is 0 Å². The summed E-state index contributed by atoms with van der Waals surface area (Å²) in [6, 6.07) is 15.0. The van der Waals surface area contributed by atoms with Crippen LogP contribution in [0.3, 0.4) is 0 Å². The molecule has 0 fully saturated rings. The minimum atomic E-state index is -0.222. The van der Waals surface area contributed by atoms with Crippen LogP contribution in [0.2, 0.25) is 0 Å². The molecule has 0 aromatic heterocycles. The van der Waals surface area contributed by atoms with Crippen LogP contribution in [0, 0.1) is 6.92 Å². The number of amides is 2. The number of carbonyl (C=O) groups excluding carboxylic acids is 2. The number of hydrogen-bond acceptors (Lipinski definition) is 3. The fourth-order valence-electron chi connectivity index (χ4n) is 2.16. The van der Waals surface area contributed by atoms with Crippen molar-refractivity contribution in [1.29, 1.82) is 0 Å². The number of methoxy groups -OCH3 is 1. The van der Waals surface area contributed by atoms with Gasteiger partial charge >= 0.3 is 0 Å². The molecule has 0 unspecified atom stereocenters. The van der Waals surface area contributed by atoms with Gasteiger partial charge in [0.05, 0.1) is 0 Å². The van der Waals surface area contributed by atoms with Crippen LogP contribution in [0.25, 0.3) is 6.08 Å². The Bertz CT molecular complexity index is 735. The first-order valence-electron chi connectivity index (χ1n) is 7.99. The number of anilines is 2. The maximum atomic E-state index is 12.0. The first-order chi connectivity index (χ1) is 12.1. The van der Waals surface area contributed by atoms with Crippen molar-refractivity contribution in [1.82, 2.24) is 0 Å². The van der Waals surface area contributed by atoms with E-state index >= 15 is 0 Å². The van der Waals surface area contributed by atoms with Crippen LogP contribution in [-0.2, 0) is 14.3 Å². The monoisotopic (exact) mass is 338 g/mol. The van der Waals surface area contributed by atoms with E-state index in [1.165, 1.54) is 12.7 Å². The van der Waals surface area contributed by atoms with E-state index in [4.69, 9.17) is 4.74 Å². The number of aryl methyl sites for hydroxylation is 1. The fourth-order valence-corrected chi connectivity index (χ4v) is 2.16. The SMILES string of the molecule is COCC(=O)Nc1ccc(NC(=O)C/C=C/c2ccc(C)cc2)cc1. The number of rotatable bonds is 7. The van der Waals surface area contributed by atoms with Gasteiger partial charge in [0.1, 0.15) is 6.61 Å². The summed E-state index contributed by atoms with van der Waals surface area (Å²) in [5.74, 6) is -0.319. The maximum Gasteiger partial charge on any atom is 0.250 e. The van der Waals surface area contributed by atoms with E-state index in [0.717, 1.165) is 5.56 Å². The van der Waals surface area contributed by atoms with Gasteiger partial charge in [0.2, 0.25) is 11.8 Å². The largest absolute Gasteiger partial charge is 0.375 e. The molecule has 2 aromatic rings. The van der Waals surface area contributed by atoms with Crippen molar-refractivity contribution < 1.29 is 14.3 Å². The highest BCUT2D eigenvalue weighted by molar-refractivity contribution is 5.94. The number of hydrogen-bond donors (Lipinski definition) is 2. The fraction of sp³-hybridized carbons (Fsp3) is 0.200. The molecule has 0 spiro atoms. The zero-order chi connectivity index (χ0) is 18.1. The predicted molar refractivity (Wildman–Crippen MR) is 100 cm³/mol. The lowest BCUT2D eigenvalue weighted by Crippen LogP contribution is -2.17. The zero-order valence-electron chi connectivity index (χ0n) is 14.4.